The van der Waals surface area contributed by atoms with Gasteiger partial charge in [-0.05, 0) is 138 Å². The zero-order valence-electron chi connectivity index (χ0n) is 56.4. The Morgan fingerprint density at radius 3 is 1.24 bits per heavy atom. The highest BCUT2D eigenvalue weighted by molar-refractivity contribution is 5.95. The molecule has 9 N–H and O–H groups in total. The Bertz CT molecular complexity index is 3260. The van der Waals surface area contributed by atoms with Crippen LogP contribution in [-0.2, 0) is 64.3 Å². The first kappa shape index (κ1) is 78.5. The lowest BCUT2D eigenvalue weighted by atomic mass is 9.93. The molecule has 0 saturated carbocycles. The standard InChI is InChI=1S/C65H89N13O8.2C2HF3O2/c1-5-44(6-2)60(81)69-58-47(40-79)28-30-49-32-34-54(77(49)64(58)85)62(83)67-56(45-20-10-8-11-21-45)52-38-75(73-71-52)36-16-14-18-42-24-26-43(27-25-42)19-15-17-37-76-39-53(72-74-76)57(46-22-12-9-13-23-46)68-63(84)55-35-33-50-31-29-48(41-80)59(65(86)78(50)55)70-61(82)51(7-3)66-4;2*3-2(4,5)1(6)7/h8-13,20-27,38-39,44,47-51,54-59,66,79-80H,5-7,14-19,28-37,40-41H2,1-4H3,(H,67,83)(H,68,84)(H,69,81)(H,70,82);2*(H,6,7)/t47-,48-,49+,50+,51+,54+,55+,56+,57+,58+,59+;;/m1../s1. The summed E-state index contributed by atoms with van der Waals surface area (Å²) in [5.74, 6) is -8.36. The molecule has 4 aliphatic heterocycles. The molecule has 4 aliphatic rings. The molecule has 100 heavy (non-hydrogen) atoms. The Morgan fingerprint density at radius 1 is 0.530 bits per heavy atom. The number of nitrogens with one attached hydrogen (secondary N) is 5. The van der Waals surface area contributed by atoms with Crippen LogP contribution < -0.4 is 26.6 Å². The van der Waals surface area contributed by atoms with Crippen molar-refractivity contribution in [3.05, 3.63) is 131 Å². The van der Waals surface area contributed by atoms with Crippen LogP contribution in [0.1, 0.15) is 163 Å². The first-order valence-electron chi connectivity index (χ1n) is 34.1. The summed E-state index contributed by atoms with van der Waals surface area (Å²) >= 11 is 0. The van der Waals surface area contributed by atoms with E-state index in [2.05, 4.69) is 71.5 Å². The Labute approximate surface area is 575 Å². The SMILES string of the molecule is CCC(CC)C(=O)N[C@@H]1C(=O)N2[C@@H](CC[C@@H]1CO)CC[C@H]2C(=O)N[C@@H](c1ccccc1)c1cn(CCCCc2ccc(CCCCn3cc([C@@H](NC(=O)[C@@H]4CC[C@@H]5CC[C@H](CO)[C@H](NC(=O)[C@H](CC)NC)C(=O)N54)c4ccccc4)nn3)cc2)nn1.O=C(O)C(F)(F)F.O=C(O)C(F)(F)F. The van der Waals surface area contributed by atoms with Gasteiger partial charge in [0, 0.05) is 56.1 Å². The van der Waals surface area contributed by atoms with Gasteiger partial charge in [-0.2, -0.15) is 26.3 Å². The van der Waals surface area contributed by atoms with Crippen LogP contribution in [0.25, 0.3) is 0 Å². The third-order valence-electron chi connectivity index (χ3n) is 19.1. The van der Waals surface area contributed by atoms with Gasteiger partial charge in [0.1, 0.15) is 35.6 Å². The summed E-state index contributed by atoms with van der Waals surface area (Å²) in [6.45, 7) is 6.60. The van der Waals surface area contributed by atoms with Crippen LogP contribution in [0.2, 0.25) is 0 Å². The van der Waals surface area contributed by atoms with Crippen molar-refractivity contribution >= 4 is 47.4 Å². The van der Waals surface area contributed by atoms with E-state index in [1.54, 1.807) is 16.8 Å². The van der Waals surface area contributed by atoms with Crippen molar-refractivity contribution < 1.29 is 85.1 Å². The molecule has 0 radical (unpaired) electrons. The number of amides is 6. The minimum atomic E-state index is -5.08. The van der Waals surface area contributed by atoms with E-state index in [4.69, 9.17) is 19.8 Å². The van der Waals surface area contributed by atoms with Gasteiger partial charge in [0.25, 0.3) is 0 Å². The van der Waals surface area contributed by atoms with Gasteiger partial charge in [-0.3, -0.25) is 38.1 Å². The number of aromatic nitrogens is 6. The lowest BCUT2D eigenvalue weighted by Crippen LogP contribution is -2.58. The third kappa shape index (κ3) is 21.1. The van der Waals surface area contributed by atoms with E-state index in [1.165, 1.54) is 11.1 Å². The molecule has 2 aromatic heterocycles. The molecule has 6 heterocycles. The number of aryl methyl sites for hydroxylation is 4. The summed E-state index contributed by atoms with van der Waals surface area (Å²) in [4.78, 5) is 105. The van der Waals surface area contributed by atoms with Crippen LogP contribution in [0, 0.1) is 17.8 Å². The minimum absolute atomic E-state index is 0.156. The van der Waals surface area contributed by atoms with E-state index in [-0.39, 0.29) is 66.7 Å². The molecule has 6 amide bonds. The number of aliphatic hydroxyl groups is 2. The zero-order chi connectivity index (χ0) is 72.8. The number of nitrogens with zero attached hydrogens (tertiary/aromatic N) is 8. The lowest BCUT2D eigenvalue weighted by Gasteiger charge is -2.33. The highest BCUT2D eigenvalue weighted by Crippen LogP contribution is 2.37. The number of alkyl halides is 6. The number of carboxylic acid groups (broad SMARTS) is 2. The van der Waals surface area contributed by atoms with Gasteiger partial charge in [0.05, 0.1) is 30.5 Å². The van der Waals surface area contributed by atoms with Crippen molar-refractivity contribution in [2.24, 2.45) is 17.8 Å². The molecule has 546 valence electrons. The van der Waals surface area contributed by atoms with Gasteiger partial charge >= 0.3 is 24.3 Å². The second kappa shape index (κ2) is 37.0. The third-order valence-corrected chi connectivity index (χ3v) is 19.1. The first-order chi connectivity index (χ1) is 47.7. The molecule has 0 aliphatic carbocycles. The molecule has 4 saturated heterocycles. The average Bonchev–Trinajstić information content (AvgIpc) is 1.63. The summed E-state index contributed by atoms with van der Waals surface area (Å²) < 4.78 is 67.1. The van der Waals surface area contributed by atoms with Gasteiger partial charge in [-0.15, -0.1) is 10.2 Å². The number of likely N-dealkylation sites (N-methyl/N-ethyl adjacent to an activating group) is 1. The Balaban J connectivity index is 0.000000907. The maximum atomic E-state index is 14.4. The van der Waals surface area contributed by atoms with Crippen molar-refractivity contribution in [3.63, 3.8) is 0 Å². The van der Waals surface area contributed by atoms with E-state index in [1.807, 2.05) is 103 Å². The maximum absolute atomic E-state index is 14.4. The number of fused-ring (bicyclic) bond motifs is 2. The molecule has 0 bridgehead atoms. The van der Waals surface area contributed by atoms with Crippen molar-refractivity contribution in [1.29, 1.82) is 0 Å². The number of carbonyl (C=O) groups excluding carboxylic acids is 6. The Hall–Kier alpha value is -8.84. The second-order valence-electron chi connectivity index (χ2n) is 25.6. The van der Waals surface area contributed by atoms with Crippen LogP contribution in [-0.4, -0.2) is 183 Å². The molecule has 0 spiro atoms. The Kier molecular flexibility index (Phi) is 29.1. The van der Waals surface area contributed by atoms with E-state index < -0.39 is 78.4 Å². The number of carbonyl (C=O) groups is 8. The highest BCUT2D eigenvalue weighted by atomic mass is 19.4. The predicted molar refractivity (Wildman–Crippen MR) is 351 cm³/mol. The van der Waals surface area contributed by atoms with E-state index in [0.29, 0.717) is 95.1 Å². The fourth-order valence-corrected chi connectivity index (χ4v) is 13.5. The van der Waals surface area contributed by atoms with Crippen LogP contribution in [0.15, 0.2) is 97.3 Å². The number of hydrogen-bond donors (Lipinski definition) is 9. The van der Waals surface area contributed by atoms with Crippen molar-refractivity contribution in [2.75, 3.05) is 20.3 Å². The van der Waals surface area contributed by atoms with Crippen LogP contribution in [0.5, 0.6) is 0 Å². The summed E-state index contributed by atoms with van der Waals surface area (Å²) in [5, 5.41) is 68.3. The van der Waals surface area contributed by atoms with Gasteiger partial charge in [0.15, 0.2) is 0 Å². The van der Waals surface area contributed by atoms with Gasteiger partial charge in [-0.1, -0.05) is 116 Å². The molecular weight excluding hydrogens is 1320 g/mol. The summed E-state index contributed by atoms with van der Waals surface area (Å²) in [6, 6.07) is 22.7. The van der Waals surface area contributed by atoms with Crippen LogP contribution in [0.3, 0.4) is 0 Å². The summed E-state index contributed by atoms with van der Waals surface area (Å²) in [6.07, 6.45) is 5.54. The number of rotatable bonds is 28. The van der Waals surface area contributed by atoms with Gasteiger partial charge in [-0.25, -0.2) is 9.59 Å². The monoisotopic (exact) mass is 1410 g/mol. The predicted octanol–water partition coefficient (Wildman–Crippen LogP) is 6.52. The number of hydrogen-bond acceptors (Lipinski definition) is 15. The van der Waals surface area contributed by atoms with E-state index >= 15 is 0 Å². The molecule has 5 aromatic rings. The highest BCUT2D eigenvalue weighted by Gasteiger charge is 2.50. The number of unbranched alkanes of at least 4 members (excludes halogenated alkanes) is 2. The average molecular weight is 1410 g/mol. The molecule has 11 atom stereocenters. The summed E-state index contributed by atoms with van der Waals surface area (Å²) in [5.41, 5.74) is 5.36. The topological polar surface area (TPSA) is 346 Å². The lowest BCUT2D eigenvalue weighted by molar-refractivity contribution is -0.193. The van der Waals surface area contributed by atoms with Gasteiger partial charge < -0.3 is 56.8 Å². The smallest absolute Gasteiger partial charge is 0.475 e. The number of benzene rings is 3. The molecule has 9 rings (SSSR count). The van der Waals surface area contributed by atoms with Crippen molar-refractivity contribution in [1.82, 2.24) is 66.4 Å². The molecule has 25 nitrogen and oxygen atoms in total. The molecule has 3 aromatic carbocycles. The number of aliphatic hydroxyl groups excluding tert-OH is 2. The molecular formula is C69H91F6N13O12. The number of halogens is 6. The normalized spacial score (nSPS) is 21.5. The zero-order valence-corrected chi connectivity index (χ0v) is 56.4. The maximum Gasteiger partial charge on any atom is 0.490 e. The molecule has 31 heteroatoms. The van der Waals surface area contributed by atoms with E-state index in [9.17, 15) is 65.3 Å². The summed E-state index contributed by atoms with van der Waals surface area (Å²) in [7, 11) is 1.70. The van der Waals surface area contributed by atoms with Crippen LogP contribution in [0.4, 0.5) is 26.3 Å². The molecule has 0 unspecified atom stereocenters. The quantitative estimate of drug-likeness (QED) is 0.0190. The fourth-order valence-electron chi connectivity index (χ4n) is 13.5. The second-order valence-corrected chi connectivity index (χ2v) is 25.6. The van der Waals surface area contributed by atoms with Crippen LogP contribution >= 0.6 is 0 Å². The minimum Gasteiger partial charge on any atom is -0.475 e. The molecule has 4 fully saturated rings. The van der Waals surface area contributed by atoms with E-state index in [0.717, 1.165) is 49.7 Å². The van der Waals surface area contributed by atoms with Gasteiger partial charge in [0.2, 0.25) is 35.4 Å². The fraction of sp³-hybridized carbons (Fsp3) is 0.565. The first-order valence-corrected chi connectivity index (χ1v) is 34.1. The largest absolute Gasteiger partial charge is 0.490 e. The van der Waals surface area contributed by atoms with Crippen molar-refractivity contribution in [2.45, 2.75) is 210 Å². The number of carboxylic acids is 2. The number of aliphatic carboxylic acids is 2. The Morgan fingerprint density at radius 2 is 0.900 bits per heavy atom. The van der Waals surface area contributed by atoms with Crippen molar-refractivity contribution in [3.8, 4) is 0 Å².